The van der Waals surface area contributed by atoms with Gasteiger partial charge in [-0.2, -0.15) is 0 Å². The van der Waals surface area contributed by atoms with E-state index in [1.165, 1.54) is 19.2 Å². The standard InChI is InChI=1S/C19H22N2O5S/c1-25-18-7-3-2-6-17(18)19(22)21-14-8-10-16(11-9-14)27(23,24)20-13-15-5-4-12-26-15/h2-3,6-11,15,20H,4-5,12-13H2,1H3,(H,21,22)/t15-/m0/s1. The van der Waals surface area contributed by atoms with Crippen molar-refractivity contribution < 1.29 is 22.7 Å². The van der Waals surface area contributed by atoms with Crippen molar-refractivity contribution in [1.82, 2.24) is 4.72 Å². The first-order valence-electron chi connectivity index (χ1n) is 8.65. The molecule has 7 nitrogen and oxygen atoms in total. The molecule has 3 rings (SSSR count). The fraction of sp³-hybridized carbons (Fsp3) is 0.316. The minimum atomic E-state index is -3.62. The smallest absolute Gasteiger partial charge is 0.259 e. The van der Waals surface area contributed by atoms with Gasteiger partial charge in [-0.3, -0.25) is 4.79 Å². The van der Waals surface area contributed by atoms with Crippen LogP contribution in [0.2, 0.25) is 0 Å². The quantitative estimate of drug-likeness (QED) is 0.757. The summed E-state index contributed by atoms with van der Waals surface area (Å²) in [5, 5.41) is 2.73. The average Bonchev–Trinajstić information content (AvgIpc) is 3.20. The summed E-state index contributed by atoms with van der Waals surface area (Å²) in [6.07, 6.45) is 1.74. The van der Waals surface area contributed by atoms with Gasteiger partial charge in [-0.15, -0.1) is 0 Å². The number of carbonyl (C=O) groups is 1. The Bertz CT molecular complexity index is 891. The Kier molecular flexibility index (Phi) is 6.10. The van der Waals surface area contributed by atoms with E-state index in [4.69, 9.17) is 9.47 Å². The van der Waals surface area contributed by atoms with E-state index in [2.05, 4.69) is 10.0 Å². The first kappa shape index (κ1) is 19.3. The molecule has 1 aliphatic heterocycles. The van der Waals surface area contributed by atoms with Crippen LogP contribution in [0.25, 0.3) is 0 Å². The summed E-state index contributed by atoms with van der Waals surface area (Å²) in [5.74, 6) is 0.132. The molecule has 1 aliphatic rings. The second-order valence-electron chi connectivity index (χ2n) is 6.17. The fourth-order valence-electron chi connectivity index (χ4n) is 2.84. The van der Waals surface area contributed by atoms with Gasteiger partial charge in [-0.1, -0.05) is 12.1 Å². The molecule has 144 valence electrons. The molecular weight excluding hydrogens is 368 g/mol. The van der Waals surface area contributed by atoms with Gasteiger partial charge >= 0.3 is 0 Å². The second-order valence-corrected chi connectivity index (χ2v) is 7.93. The topological polar surface area (TPSA) is 93.7 Å². The van der Waals surface area contributed by atoms with Crippen molar-refractivity contribution in [2.24, 2.45) is 0 Å². The number of sulfonamides is 1. The predicted octanol–water partition coefficient (Wildman–Crippen LogP) is 2.40. The minimum Gasteiger partial charge on any atom is -0.496 e. The zero-order chi connectivity index (χ0) is 19.3. The highest BCUT2D eigenvalue weighted by Crippen LogP contribution is 2.20. The molecule has 0 unspecified atom stereocenters. The molecule has 0 spiro atoms. The van der Waals surface area contributed by atoms with Crippen LogP contribution in [0.3, 0.4) is 0 Å². The minimum absolute atomic E-state index is 0.0702. The van der Waals surface area contributed by atoms with E-state index in [0.29, 0.717) is 23.6 Å². The van der Waals surface area contributed by atoms with Gasteiger partial charge in [0.2, 0.25) is 10.0 Å². The second kappa shape index (κ2) is 8.51. The lowest BCUT2D eigenvalue weighted by Gasteiger charge is -2.12. The summed E-state index contributed by atoms with van der Waals surface area (Å²) in [6.45, 7) is 0.932. The Morgan fingerprint density at radius 1 is 1.19 bits per heavy atom. The molecule has 1 heterocycles. The van der Waals surface area contributed by atoms with E-state index < -0.39 is 10.0 Å². The largest absolute Gasteiger partial charge is 0.496 e. The number of ether oxygens (including phenoxy) is 2. The number of methoxy groups -OCH3 is 1. The highest BCUT2D eigenvalue weighted by Gasteiger charge is 2.20. The highest BCUT2D eigenvalue weighted by atomic mass is 32.2. The van der Waals surface area contributed by atoms with Crippen LogP contribution in [-0.2, 0) is 14.8 Å². The Labute approximate surface area is 158 Å². The van der Waals surface area contributed by atoms with E-state index in [1.54, 1.807) is 36.4 Å². The molecule has 0 bridgehead atoms. The SMILES string of the molecule is COc1ccccc1C(=O)Nc1ccc(S(=O)(=O)NC[C@@H]2CCCO2)cc1. The zero-order valence-corrected chi connectivity index (χ0v) is 15.8. The van der Waals surface area contributed by atoms with Crippen LogP contribution in [0.1, 0.15) is 23.2 Å². The molecule has 27 heavy (non-hydrogen) atoms. The Morgan fingerprint density at radius 2 is 1.93 bits per heavy atom. The number of carbonyl (C=O) groups excluding carboxylic acids is 1. The number of rotatable bonds is 7. The molecule has 1 saturated heterocycles. The third-order valence-electron chi connectivity index (χ3n) is 4.30. The number of hydrogen-bond acceptors (Lipinski definition) is 5. The van der Waals surface area contributed by atoms with E-state index in [0.717, 1.165) is 12.8 Å². The lowest BCUT2D eigenvalue weighted by atomic mass is 10.2. The van der Waals surface area contributed by atoms with Crippen molar-refractivity contribution in [3.05, 3.63) is 54.1 Å². The lowest BCUT2D eigenvalue weighted by molar-refractivity contribution is 0.102. The van der Waals surface area contributed by atoms with Gasteiger partial charge in [0.25, 0.3) is 5.91 Å². The Hall–Kier alpha value is -2.42. The molecule has 8 heteroatoms. The molecule has 2 aromatic carbocycles. The van der Waals surface area contributed by atoms with E-state index in [-0.39, 0.29) is 23.5 Å². The maximum Gasteiger partial charge on any atom is 0.259 e. The van der Waals surface area contributed by atoms with Gasteiger partial charge in [0.1, 0.15) is 5.75 Å². The third kappa shape index (κ3) is 4.85. The van der Waals surface area contributed by atoms with Crippen LogP contribution < -0.4 is 14.8 Å². The van der Waals surface area contributed by atoms with E-state index in [9.17, 15) is 13.2 Å². The van der Waals surface area contributed by atoms with Crippen molar-refractivity contribution in [2.75, 3.05) is 25.6 Å². The average molecular weight is 390 g/mol. The number of anilines is 1. The molecule has 0 radical (unpaired) electrons. The van der Waals surface area contributed by atoms with Crippen molar-refractivity contribution in [1.29, 1.82) is 0 Å². The molecule has 1 amide bonds. The molecule has 0 saturated carbocycles. The van der Waals surface area contributed by atoms with E-state index >= 15 is 0 Å². The Morgan fingerprint density at radius 3 is 2.59 bits per heavy atom. The van der Waals surface area contributed by atoms with Crippen LogP contribution in [0.4, 0.5) is 5.69 Å². The van der Waals surface area contributed by atoms with Gasteiger partial charge in [-0.25, -0.2) is 13.1 Å². The highest BCUT2D eigenvalue weighted by molar-refractivity contribution is 7.89. The predicted molar refractivity (Wildman–Crippen MR) is 102 cm³/mol. The maximum atomic E-state index is 12.4. The van der Waals surface area contributed by atoms with Gasteiger partial charge in [0, 0.05) is 18.8 Å². The van der Waals surface area contributed by atoms with Gasteiger partial charge in [-0.05, 0) is 49.2 Å². The number of benzene rings is 2. The van der Waals surface area contributed by atoms with Crippen LogP contribution in [-0.4, -0.2) is 40.7 Å². The first-order chi connectivity index (χ1) is 13.0. The first-order valence-corrected chi connectivity index (χ1v) is 10.1. The van der Waals surface area contributed by atoms with Crippen molar-refractivity contribution in [2.45, 2.75) is 23.8 Å². The van der Waals surface area contributed by atoms with E-state index in [1.807, 2.05) is 0 Å². The fourth-order valence-corrected chi connectivity index (χ4v) is 3.91. The Balaban J connectivity index is 1.65. The number of hydrogen-bond donors (Lipinski definition) is 2. The van der Waals surface area contributed by atoms with Gasteiger partial charge < -0.3 is 14.8 Å². The van der Waals surface area contributed by atoms with Crippen LogP contribution in [0.5, 0.6) is 5.75 Å². The summed E-state index contributed by atoms with van der Waals surface area (Å²) in [6, 6.07) is 12.9. The van der Waals surface area contributed by atoms with Crippen LogP contribution in [0, 0.1) is 0 Å². The molecule has 1 fully saturated rings. The van der Waals surface area contributed by atoms with Crippen LogP contribution >= 0.6 is 0 Å². The zero-order valence-electron chi connectivity index (χ0n) is 15.0. The molecule has 0 aromatic heterocycles. The normalized spacial score (nSPS) is 16.9. The number of nitrogens with one attached hydrogen (secondary N) is 2. The summed E-state index contributed by atoms with van der Waals surface area (Å²) >= 11 is 0. The number of para-hydroxylation sites is 1. The lowest BCUT2D eigenvalue weighted by Crippen LogP contribution is -2.31. The summed E-state index contributed by atoms with van der Waals surface area (Å²) in [4.78, 5) is 12.5. The molecule has 0 aliphatic carbocycles. The molecule has 1 atom stereocenters. The third-order valence-corrected chi connectivity index (χ3v) is 5.74. The van der Waals surface area contributed by atoms with Crippen molar-refractivity contribution >= 4 is 21.6 Å². The molecule has 2 N–H and O–H groups in total. The van der Waals surface area contributed by atoms with Gasteiger partial charge in [0.05, 0.1) is 23.7 Å². The van der Waals surface area contributed by atoms with Crippen LogP contribution in [0.15, 0.2) is 53.4 Å². The molecule has 2 aromatic rings. The summed E-state index contributed by atoms with van der Waals surface area (Å²) in [7, 11) is -2.12. The summed E-state index contributed by atoms with van der Waals surface area (Å²) in [5.41, 5.74) is 0.888. The van der Waals surface area contributed by atoms with Gasteiger partial charge in [0.15, 0.2) is 0 Å². The van der Waals surface area contributed by atoms with Crippen molar-refractivity contribution in [3.63, 3.8) is 0 Å². The molecular formula is C19H22N2O5S. The monoisotopic (exact) mass is 390 g/mol. The van der Waals surface area contributed by atoms with Crippen molar-refractivity contribution in [3.8, 4) is 5.75 Å². The maximum absolute atomic E-state index is 12.4. The number of amides is 1. The summed E-state index contributed by atoms with van der Waals surface area (Å²) < 4.78 is 37.9.